The minimum atomic E-state index is -0.924. The molecular weight excluding hydrogens is 268 g/mol. The van der Waals surface area contributed by atoms with E-state index in [2.05, 4.69) is 10.6 Å². The van der Waals surface area contributed by atoms with Gasteiger partial charge in [0.2, 0.25) is 0 Å². The number of thioether (sulfide) groups is 1. The predicted molar refractivity (Wildman–Crippen MR) is 72.3 cm³/mol. The Hall–Kier alpha value is -0.950. The van der Waals surface area contributed by atoms with E-state index >= 15 is 0 Å². The van der Waals surface area contributed by atoms with Crippen LogP contribution >= 0.6 is 11.8 Å². The van der Waals surface area contributed by atoms with Crippen LogP contribution in [0.25, 0.3) is 0 Å². The number of carboxylic acid groups (broad SMARTS) is 1. The highest BCUT2D eigenvalue weighted by Crippen LogP contribution is 2.21. The topological polar surface area (TPSA) is 87.7 Å². The lowest BCUT2D eigenvalue weighted by Gasteiger charge is -2.22. The van der Waals surface area contributed by atoms with Crippen molar-refractivity contribution in [2.45, 2.75) is 18.9 Å². The Kier molecular flexibility index (Phi) is 5.33. The van der Waals surface area contributed by atoms with Gasteiger partial charge in [0, 0.05) is 6.54 Å². The number of ether oxygens (including phenoxy) is 1. The molecule has 0 aromatic heterocycles. The minimum absolute atomic E-state index is 0.167. The summed E-state index contributed by atoms with van der Waals surface area (Å²) < 4.78 is 5.10. The third-order valence-electron chi connectivity index (χ3n) is 3.61. The number of carbonyl (C=O) groups excluding carboxylic acids is 1. The van der Waals surface area contributed by atoms with Crippen LogP contribution in [-0.2, 0) is 9.53 Å². The highest BCUT2D eigenvalue weighted by molar-refractivity contribution is 7.99. The molecule has 2 rings (SSSR count). The smallest absolute Gasteiger partial charge is 0.315 e. The molecule has 2 atom stereocenters. The second-order valence-corrected chi connectivity index (χ2v) is 6.22. The maximum absolute atomic E-state index is 11.7. The van der Waals surface area contributed by atoms with Gasteiger partial charge in [-0.15, -0.1) is 0 Å². The van der Waals surface area contributed by atoms with Crippen LogP contribution in [0.1, 0.15) is 12.8 Å². The minimum Gasteiger partial charge on any atom is -0.481 e. The molecule has 0 spiro atoms. The Balaban J connectivity index is 1.70. The molecule has 6 nitrogen and oxygen atoms in total. The van der Waals surface area contributed by atoms with Crippen LogP contribution in [0.15, 0.2) is 0 Å². The first-order valence-electron chi connectivity index (χ1n) is 6.59. The van der Waals surface area contributed by atoms with Gasteiger partial charge in [-0.1, -0.05) is 0 Å². The average Bonchev–Trinajstić information content (AvgIpc) is 2.86. The highest BCUT2D eigenvalue weighted by Gasteiger charge is 2.35. The average molecular weight is 288 g/mol. The summed E-state index contributed by atoms with van der Waals surface area (Å²) in [7, 11) is 0. The number of carboxylic acids is 1. The third kappa shape index (κ3) is 4.28. The molecular formula is C12H20N2O4S. The van der Waals surface area contributed by atoms with Crippen LogP contribution in [0.5, 0.6) is 0 Å². The lowest BCUT2D eigenvalue weighted by Crippen LogP contribution is -2.48. The fourth-order valence-corrected chi connectivity index (χ4v) is 3.55. The van der Waals surface area contributed by atoms with E-state index in [1.165, 1.54) is 0 Å². The zero-order valence-electron chi connectivity index (χ0n) is 10.8. The van der Waals surface area contributed by atoms with Gasteiger partial charge in [0.15, 0.2) is 0 Å². The van der Waals surface area contributed by atoms with E-state index in [4.69, 9.17) is 9.84 Å². The molecule has 3 N–H and O–H groups in total. The molecule has 2 amide bonds. The zero-order valence-corrected chi connectivity index (χ0v) is 11.6. The lowest BCUT2D eigenvalue weighted by molar-refractivity contribution is -0.142. The molecule has 2 unspecified atom stereocenters. The van der Waals surface area contributed by atoms with Crippen molar-refractivity contribution in [2.24, 2.45) is 11.8 Å². The Morgan fingerprint density at radius 2 is 2.00 bits per heavy atom. The largest absolute Gasteiger partial charge is 0.481 e. The van der Waals surface area contributed by atoms with Gasteiger partial charge in [0.05, 0.1) is 19.3 Å². The van der Waals surface area contributed by atoms with Crippen LogP contribution in [0, 0.1) is 11.8 Å². The monoisotopic (exact) mass is 288 g/mol. The number of urea groups is 1. The quantitative estimate of drug-likeness (QED) is 0.702. The SMILES string of the molecule is O=C(NCC1CCSCC1)NC1COCC1C(=O)O. The normalized spacial score (nSPS) is 28.0. The van der Waals surface area contributed by atoms with E-state index in [9.17, 15) is 9.59 Å². The molecule has 0 aliphatic carbocycles. The van der Waals surface area contributed by atoms with Crippen molar-refractivity contribution < 1.29 is 19.4 Å². The molecule has 0 aromatic carbocycles. The fourth-order valence-electron chi connectivity index (χ4n) is 2.35. The molecule has 2 aliphatic rings. The van der Waals surface area contributed by atoms with Gasteiger partial charge in [-0.05, 0) is 30.3 Å². The predicted octanol–water partition coefficient (Wildman–Crippen LogP) is 0.528. The number of carbonyl (C=O) groups is 2. The molecule has 0 bridgehead atoms. The summed E-state index contributed by atoms with van der Waals surface area (Å²) in [5.74, 6) is 1.29. The van der Waals surface area contributed by atoms with Crippen LogP contribution in [0.4, 0.5) is 4.79 Å². The zero-order chi connectivity index (χ0) is 13.7. The third-order valence-corrected chi connectivity index (χ3v) is 4.66. The Labute approximate surface area is 116 Å². The van der Waals surface area contributed by atoms with Gasteiger partial charge in [0.1, 0.15) is 5.92 Å². The summed E-state index contributed by atoms with van der Waals surface area (Å²) in [6.07, 6.45) is 2.27. The fraction of sp³-hybridized carbons (Fsp3) is 0.833. The maximum atomic E-state index is 11.7. The number of rotatable bonds is 4. The van der Waals surface area contributed by atoms with Gasteiger partial charge in [-0.3, -0.25) is 4.79 Å². The van der Waals surface area contributed by atoms with E-state index < -0.39 is 17.9 Å². The number of nitrogens with one attached hydrogen (secondary N) is 2. The first-order chi connectivity index (χ1) is 9.16. The van der Waals surface area contributed by atoms with Crippen molar-refractivity contribution in [3.8, 4) is 0 Å². The van der Waals surface area contributed by atoms with Gasteiger partial charge < -0.3 is 20.5 Å². The first-order valence-corrected chi connectivity index (χ1v) is 7.75. The second kappa shape index (κ2) is 7.00. The lowest BCUT2D eigenvalue weighted by atomic mass is 10.0. The molecule has 108 valence electrons. The van der Waals surface area contributed by atoms with E-state index in [1.54, 1.807) is 0 Å². The summed E-state index contributed by atoms with van der Waals surface area (Å²) in [6, 6.07) is -0.723. The van der Waals surface area contributed by atoms with Gasteiger partial charge in [-0.2, -0.15) is 11.8 Å². The maximum Gasteiger partial charge on any atom is 0.315 e. The number of aliphatic carboxylic acids is 1. The Morgan fingerprint density at radius 1 is 1.26 bits per heavy atom. The van der Waals surface area contributed by atoms with E-state index in [1.807, 2.05) is 11.8 Å². The first kappa shape index (κ1) is 14.5. The van der Waals surface area contributed by atoms with Crippen LogP contribution in [0.3, 0.4) is 0 Å². The van der Waals surface area contributed by atoms with E-state index in [-0.39, 0.29) is 19.2 Å². The van der Waals surface area contributed by atoms with Crippen molar-refractivity contribution in [3.05, 3.63) is 0 Å². The van der Waals surface area contributed by atoms with E-state index in [0.29, 0.717) is 12.5 Å². The molecule has 0 aromatic rings. The van der Waals surface area contributed by atoms with Crippen molar-refractivity contribution in [2.75, 3.05) is 31.3 Å². The van der Waals surface area contributed by atoms with Crippen molar-refractivity contribution in [3.63, 3.8) is 0 Å². The molecule has 0 radical (unpaired) electrons. The highest BCUT2D eigenvalue weighted by atomic mass is 32.2. The Morgan fingerprint density at radius 3 is 2.68 bits per heavy atom. The van der Waals surface area contributed by atoms with Crippen molar-refractivity contribution >= 4 is 23.8 Å². The second-order valence-electron chi connectivity index (χ2n) is 5.00. The van der Waals surface area contributed by atoms with Gasteiger partial charge in [-0.25, -0.2) is 4.79 Å². The van der Waals surface area contributed by atoms with E-state index in [0.717, 1.165) is 24.3 Å². The van der Waals surface area contributed by atoms with Gasteiger partial charge >= 0.3 is 12.0 Å². The van der Waals surface area contributed by atoms with Crippen LogP contribution in [0.2, 0.25) is 0 Å². The van der Waals surface area contributed by atoms with Crippen molar-refractivity contribution in [1.82, 2.24) is 10.6 Å². The van der Waals surface area contributed by atoms with Crippen LogP contribution < -0.4 is 10.6 Å². The molecule has 7 heteroatoms. The molecule has 2 saturated heterocycles. The molecule has 2 aliphatic heterocycles. The number of hydrogen-bond acceptors (Lipinski definition) is 4. The summed E-state index contributed by atoms with van der Waals surface area (Å²) >= 11 is 1.95. The summed E-state index contributed by atoms with van der Waals surface area (Å²) in [6.45, 7) is 1.10. The molecule has 0 saturated carbocycles. The molecule has 19 heavy (non-hydrogen) atoms. The van der Waals surface area contributed by atoms with Crippen molar-refractivity contribution in [1.29, 1.82) is 0 Å². The van der Waals surface area contributed by atoms with Gasteiger partial charge in [0.25, 0.3) is 0 Å². The van der Waals surface area contributed by atoms with Crippen LogP contribution in [-0.4, -0.2) is 54.4 Å². The number of hydrogen-bond donors (Lipinski definition) is 3. The number of amides is 2. The standard InChI is InChI=1S/C12H20N2O4S/c15-11(16)9-6-18-7-10(9)14-12(17)13-5-8-1-3-19-4-2-8/h8-10H,1-7H2,(H,15,16)(H2,13,14,17). The summed E-state index contributed by atoms with van der Waals surface area (Å²) in [4.78, 5) is 22.7. The Bertz CT molecular complexity index is 334. The summed E-state index contributed by atoms with van der Waals surface area (Å²) in [5, 5.41) is 14.5. The molecule has 2 heterocycles. The molecule has 2 fully saturated rings. The summed E-state index contributed by atoms with van der Waals surface area (Å²) in [5.41, 5.74) is 0.